The van der Waals surface area contributed by atoms with Crippen LogP contribution in [0.4, 0.5) is 0 Å². The van der Waals surface area contributed by atoms with E-state index in [1.807, 2.05) is 0 Å². The van der Waals surface area contributed by atoms with Gasteiger partial charge in [0.05, 0.1) is 0 Å². The molecule has 0 unspecified atom stereocenters. The zero-order chi connectivity index (χ0) is 15.4. The number of unbranched alkanes of at least 4 members (excludes halogenated alkanes) is 6. The van der Waals surface area contributed by atoms with Gasteiger partial charge in [-0.1, -0.05) is 45.4 Å². The molecule has 0 amide bonds. The topological polar surface area (TPSA) is 89.0 Å². The summed E-state index contributed by atoms with van der Waals surface area (Å²) in [6.45, 7) is 2.16. The van der Waals surface area contributed by atoms with Crippen LogP contribution in [0.3, 0.4) is 0 Å². The standard InChI is InChI=1S/C13H25N2O4P/c1-4-5-6-7-8-9-10-11-12(16)13(15-14)20(17,18-2)19-3/h4-11H2,1-3H3. The van der Waals surface area contributed by atoms with Crippen molar-refractivity contribution in [2.24, 2.45) is 0 Å². The Bertz CT molecular complexity index is 384. The van der Waals surface area contributed by atoms with Crippen LogP contribution >= 0.6 is 7.60 Å². The highest BCUT2D eigenvalue weighted by molar-refractivity contribution is 7.74. The van der Waals surface area contributed by atoms with Gasteiger partial charge in [0.1, 0.15) is 0 Å². The highest BCUT2D eigenvalue weighted by atomic mass is 31.2. The van der Waals surface area contributed by atoms with Crippen molar-refractivity contribution < 1.29 is 23.2 Å². The minimum absolute atomic E-state index is 0.184. The van der Waals surface area contributed by atoms with Crippen molar-refractivity contribution in [3.05, 3.63) is 5.53 Å². The summed E-state index contributed by atoms with van der Waals surface area (Å²) in [5.41, 5.74) is 8.31. The fourth-order valence-corrected chi connectivity index (χ4v) is 2.89. The molecule has 0 aliphatic heterocycles. The minimum atomic E-state index is -3.77. The second kappa shape index (κ2) is 10.9. The molecule has 0 spiro atoms. The molecule has 0 aromatic rings. The molecule has 116 valence electrons. The Labute approximate surface area is 121 Å². The van der Waals surface area contributed by atoms with E-state index in [2.05, 4.69) is 20.8 Å². The van der Waals surface area contributed by atoms with Gasteiger partial charge in [-0.2, -0.15) is 4.79 Å². The second-order valence-electron chi connectivity index (χ2n) is 4.58. The molecule has 20 heavy (non-hydrogen) atoms. The zero-order valence-electron chi connectivity index (χ0n) is 12.6. The number of hydrogen-bond donors (Lipinski definition) is 0. The largest absolute Gasteiger partial charge is 0.446 e. The predicted octanol–water partition coefficient (Wildman–Crippen LogP) is 3.81. The van der Waals surface area contributed by atoms with Crippen LogP contribution in [0.5, 0.6) is 0 Å². The first-order valence-corrected chi connectivity index (χ1v) is 8.57. The number of ketones is 1. The molecule has 0 aliphatic rings. The SMILES string of the molecule is CCCCCCCCCC(=O)C(=[N+]=[N-])P(=O)(OC)OC. The Morgan fingerprint density at radius 3 is 2.00 bits per heavy atom. The fourth-order valence-electron chi connectivity index (χ4n) is 1.87. The number of carbonyl (C=O) groups is 1. The molecular formula is C13H25N2O4P. The molecule has 0 saturated carbocycles. The van der Waals surface area contributed by atoms with Crippen LogP contribution in [-0.2, 0) is 18.4 Å². The summed E-state index contributed by atoms with van der Waals surface area (Å²) in [6.07, 6.45) is 7.70. The van der Waals surface area contributed by atoms with Gasteiger partial charge in [-0.25, -0.2) is 4.57 Å². The number of nitrogens with zero attached hydrogens (tertiary/aromatic N) is 2. The summed E-state index contributed by atoms with van der Waals surface area (Å²) in [6, 6.07) is 0. The maximum Gasteiger partial charge on any atom is 0.446 e. The molecule has 6 nitrogen and oxygen atoms in total. The molecule has 0 saturated heterocycles. The van der Waals surface area contributed by atoms with Crippen LogP contribution in [-0.4, -0.2) is 30.2 Å². The summed E-state index contributed by atoms with van der Waals surface area (Å²) in [5.74, 6) is -0.493. The van der Waals surface area contributed by atoms with E-state index < -0.39 is 18.8 Å². The average Bonchev–Trinajstić information content (AvgIpc) is 2.46. The van der Waals surface area contributed by atoms with Crippen LogP contribution in [0.15, 0.2) is 0 Å². The number of hydrogen-bond acceptors (Lipinski definition) is 4. The summed E-state index contributed by atoms with van der Waals surface area (Å²) in [5, 5.41) is 0. The van der Waals surface area contributed by atoms with Crippen molar-refractivity contribution >= 4 is 18.8 Å². The third-order valence-corrected chi connectivity index (χ3v) is 4.91. The normalized spacial score (nSPS) is 11.2. The highest BCUT2D eigenvalue weighted by Crippen LogP contribution is 2.47. The van der Waals surface area contributed by atoms with E-state index in [-0.39, 0.29) is 6.42 Å². The molecule has 0 rings (SSSR count). The van der Waals surface area contributed by atoms with Crippen LogP contribution in [0, 0.1) is 0 Å². The van der Waals surface area contributed by atoms with Crippen molar-refractivity contribution in [2.45, 2.75) is 58.3 Å². The van der Waals surface area contributed by atoms with Gasteiger partial charge >= 0.3 is 13.0 Å². The maximum atomic E-state index is 12.0. The molecule has 0 radical (unpaired) electrons. The average molecular weight is 304 g/mol. The molecule has 0 aromatic carbocycles. The fraction of sp³-hybridized carbons (Fsp3) is 0.846. The quantitative estimate of drug-likeness (QED) is 0.180. The van der Waals surface area contributed by atoms with Gasteiger partial charge in [0.25, 0.3) is 5.78 Å². The van der Waals surface area contributed by atoms with Crippen LogP contribution in [0.25, 0.3) is 5.53 Å². The molecule has 0 aromatic heterocycles. The van der Waals surface area contributed by atoms with E-state index in [4.69, 9.17) is 5.53 Å². The smallest absolute Gasteiger partial charge is 0.360 e. The molecule has 0 heterocycles. The van der Waals surface area contributed by atoms with E-state index in [1.54, 1.807) is 0 Å². The lowest BCUT2D eigenvalue weighted by molar-refractivity contribution is -0.116. The van der Waals surface area contributed by atoms with Gasteiger partial charge < -0.3 is 14.6 Å². The first kappa shape index (κ1) is 19.2. The van der Waals surface area contributed by atoms with Crippen molar-refractivity contribution in [1.82, 2.24) is 0 Å². The van der Waals surface area contributed by atoms with E-state index in [9.17, 15) is 9.36 Å². The van der Waals surface area contributed by atoms with Crippen LogP contribution in [0.2, 0.25) is 0 Å². The molecule has 7 heteroatoms. The Balaban J connectivity index is 4.14. The minimum Gasteiger partial charge on any atom is -0.360 e. The summed E-state index contributed by atoms with van der Waals surface area (Å²) in [4.78, 5) is 14.6. The maximum absolute atomic E-state index is 12.0. The summed E-state index contributed by atoms with van der Waals surface area (Å²) < 4.78 is 21.3. The molecular weight excluding hydrogens is 279 g/mol. The molecule has 0 fully saturated rings. The van der Waals surface area contributed by atoms with Crippen molar-refractivity contribution in [1.29, 1.82) is 0 Å². The third kappa shape index (κ3) is 6.58. The Morgan fingerprint density at radius 2 is 1.55 bits per heavy atom. The Hall–Kier alpha value is -0.800. The van der Waals surface area contributed by atoms with Crippen LogP contribution < -0.4 is 0 Å². The highest BCUT2D eigenvalue weighted by Gasteiger charge is 2.43. The third-order valence-electron chi connectivity index (χ3n) is 3.09. The van der Waals surface area contributed by atoms with Gasteiger partial charge in [0, 0.05) is 20.6 Å². The number of carbonyl (C=O) groups excluding carboxylic acids is 1. The molecule has 0 aliphatic carbocycles. The van der Waals surface area contributed by atoms with E-state index in [0.717, 1.165) is 33.5 Å². The van der Waals surface area contributed by atoms with Gasteiger partial charge in [-0.3, -0.25) is 4.79 Å². The van der Waals surface area contributed by atoms with Crippen molar-refractivity contribution in [2.75, 3.05) is 14.2 Å². The number of rotatable bonds is 12. The Morgan fingerprint density at radius 1 is 1.05 bits per heavy atom. The first-order valence-electron chi connectivity index (χ1n) is 7.03. The van der Waals surface area contributed by atoms with E-state index in [1.165, 1.54) is 19.3 Å². The van der Waals surface area contributed by atoms with Gasteiger partial charge in [-0.05, 0) is 6.42 Å². The zero-order valence-corrected chi connectivity index (χ0v) is 13.5. The van der Waals surface area contributed by atoms with E-state index >= 15 is 0 Å². The van der Waals surface area contributed by atoms with E-state index in [0.29, 0.717) is 6.42 Å². The number of Topliss-reactive ketones (excluding diaryl/α,β-unsaturated/α-hetero) is 1. The van der Waals surface area contributed by atoms with Crippen molar-refractivity contribution in [3.63, 3.8) is 0 Å². The lowest BCUT2D eigenvalue weighted by Crippen LogP contribution is -2.17. The van der Waals surface area contributed by atoms with Gasteiger partial charge in [-0.15, -0.1) is 0 Å². The first-order chi connectivity index (χ1) is 9.55. The van der Waals surface area contributed by atoms with Gasteiger partial charge in [0.2, 0.25) is 0 Å². The Kier molecular flexibility index (Phi) is 10.5. The van der Waals surface area contributed by atoms with Crippen molar-refractivity contribution in [3.8, 4) is 0 Å². The lowest BCUT2D eigenvalue weighted by atomic mass is 10.1. The monoisotopic (exact) mass is 304 g/mol. The van der Waals surface area contributed by atoms with Crippen LogP contribution in [0.1, 0.15) is 58.3 Å². The summed E-state index contributed by atoms with van der Waals surface area (Å²) in [7, 11) is -1.47. The predicted molar refractivity (Wildman–Crippen MR) is 77.9 cm³/mol. The molecule has 0 bridgehead atoms. The molecule has 0 N–H and O–H groups in total. The second-order valence-corrected chi connectivity index (χ2v) is 6.73. The summed E-state index contributed by atoms with van der Waals surface area (Å²) >= 11 is 0. The lowest BCUT2D eigenvalue weighted by Gasteiger charge is -2.07. The molecule has 0 atom stereocenters. The van der Waals surface area contributed by atoms with Gasteiger partial charge in [0.15, 0.2) is 0 Å².